The van der Waals surface area contributed by atoms with E-state index >= 15 is 0 Å². The molecule has 2 aromatic rings. The van der Waals surface area contributed by atoms with Crippen molar-refractivity contribution in [2.45, 2.75) is 13.5 Å². The second kappa shape index (κ2) is 4.45. The lowest BCUT2D eigenvalue weighted by molar-refractivity contribution is 0.628. The van der Waals surface area contributed by atoms with E-state index in [0.29, 0.717) is 6.54 Å². The van der Waals surface area contributed by atoms with E-state index in [0.717, 1.165) is 22.3 Å². The van der Waals surface area contributed by atoms with Crippen LogP contribution in [0.3, 0.4) is 0 Å². The summed E-state index contributed by atoms with van der Waals surface area (Å²) >= 11 is 0. The summed E-state index contributed by atoms with van der Waals surface area (Å²) in [5.41, 5.74) is 9.81. The van der Waals surface area contributed by atoms with Gasteiger partial charge in [-0.2, -0.15) is 0 Å². The number of nitrogens with two attached hydrogens (primary N) is 1. The molecule has 2 N–H and O–H groups in total. The highest BCUT2D eigenvalue weighted by Crippen LogP contribution is 2.25. The van der Waals surface area contributed by atoms with Crippen molar-refractivity contribution in [1.82, 2.24) is 0 Å². The van der Waals surface area contributed by atoms with Gasteiger partial charge in [-0.1, -0.05) is 30.3 Å². The fourth-order valence-electron chi connectivity index (χ4n) is 1.87. The molecule has 82 valence electrons. The van der Waals surface area contributed by atoms with Gasteiger partial charge in [-0.05, 0) is 41.3 Å². The molecule has 1 nitrogen and oxygen atoms in total. The van der Waals surface area contributed by atoms with Crippen LogP contribution in [0, 0.1) is 12.7 Å². The van der Waals surface area contributed by atoms with Gasteiger partial charge in [-0.3, -0.25) is 0 Å². The Labute approximate surface area is 94.7 Å². The standard InChI is InChI=1S/C14H14FN/c1-10-12(9-16)5-3-7-14(10)11-4-2-6-13(15)8-11/h2-8H,9,16H2,1H3. The second-order valence-corrected chi connectivity index (χ2v) is 3.80. The summed E-state index contributed by atoms with van der Waals surface area (Å²) in [4.78, 5) is 0. The quantitative estimate of drug-likeness (QED) is 0.817. The number of benzene rings is 2. The lowest BCUT2D eigenvalue weighted by Gasteiger charge is -2.10. The SMILES string of the molecule is Cc1c(CN)cccc1-c1cccc(F)c1. The summed E-state index contributed by atoms with van der Waals surface area (Å²) in [7, 11) is 0. The summed E-state index contributed by atoms with van der Waals surface area (Å²) < 4.78 is 13.1. The van der Waals surface area contributed by atoms with Crippen LogP contribution in [0.5, 0.6) is 0 Å². The molecule has 0 radical (unpaired) electrons. The summed E-state index contributed by atoms with van der Waals surface area (Å²) in [5.74, 6) is -0.213. The Kier molecular flexibility index (Phi) is 3.02. The van der Waals surface area contributed by atoms with Gasteiger partial charge in [0.05, 0.1) is 0 Å². The van der Waals surface area contributed by atoms with Gasteiger partial charge in [-0.15, -0.1) is 0 Å². The number of hydrogen-bond acceptors (Lipinski definition) is 1. The van der Waals surface area contributed by atoms with Crippen LogP contribution in [0.2, 0.25) is 0 Å². The van der Waals surface area contributed by atoms with Crippen LogP contribution in [0.25, 0.3) is 11.1 Å². The Morgan fingerprint density at radius 2 is 1.88 bits per heavy atom. The topological polar surface area (TPSA) is 26.0 Å². The average Bonchev–Trinajstić information content (AvgIpc) is 2.29. The van der Waals surface area contributed by atoms with Gasteiger partial charge in [0.1, 0.15) is 5.82 Å². The predicted octanol–water partition coefficient (Wildman–Crippen LogP) is 3.26. The van der Waals surface area contributed by atoms with Crippen molar-refractivity contribution in [2.24, 2.45) is 5.73 Å². The van der Waals surface area contributed by atoms with Gasteiger partial charge in [-0.25, -0.2) is 4.39 Å². The smallest absolute Gasteiger partial charge is 0.123 e. The molecule has 0 aromatic heterocycles. The van der Waals surface area contributed by atoms with E-state index in [2.05, 4.69) is 0 Å². The highest BCUT2D eigenvalue weighted by molar-refractivity contribution is 5.68. The molecule has 0 spiro atoms. The van der Waals surface area contributed by atoms with E-state index in [1.165, 1.54) is 6.07 Å². The Balaban J connectivity index is 2.56. The first kappa shape index (κ1) is 10.8. The van der Waals surface area contributed by atoms with E-state index in [1.54, 1.807) is 12.1 Å². The van der Waals surface area contributed by atoms with Crippen LogP contribution < -0.4 is 5.73 Å². The molecule has 2 aromatic carbocycles. The lowest BCUT2D eigenvalue weighted by Crippen LogP contribution is -2.00. The summed E-state index contributed by atoms with van der Waals surface area (Å²) in [6, 6.07) is 12.6. The van der Waals surface area contributed by atoms with E-state index in [4.69, 9.17) is 5.73 Å². The summed E-state index contributed by atoms with van der Waals surface area (Å²) in [6.07, 6.45) is 0. The molecule has 0 aliphatic carbocycles. The molecule has 0 unspecified atom stereocenters. The Bertz CT molecular complexity index is 506. The monoisotopic (exact) mass is 215 g/mol. The third-order valence-corrected chi connectivity index (χ3v) is 2.80. The highest BCUT2D eigenvalue weighted by atomic mass is 19.1. The van der Waals surface area contributed by atoms with Crippen molar-refractivity contribution in [3.63, 3.8) is 0 Å². The van der Waals surface area contributed by atoms with Crippen LogP contribution in [-0.2, 0) is 6.54 Å². The number of rotatable bonds is 2. The summed E-state index contributed by atoms with van der Waals surface area (Å²) in [5, 5.41) is 0. The normalized spacial score (nSPS) is 10.4. The van der Waals surface area contributed by atoms with Crippen molar-refractivity contribution in [1.29, 1.82) is 0 Å². The van der Waals surface area contributed by atoms with E-state index in [9.17, 15) is 4.39 Å². The van der Waals surface area contributed by atoms with Crippen molar-refractivity contribution in [3.8, 4) is 11.1 Å². The molecule has 0 heterocycles. The molecule has 0 aliphatic heterocycles. The third kappa shape index (κ3) is 1.97. The average molecular weight is 215 g/mol. The maximum atomic E-state index is 13.1. The van der Waals surface area contributed by atoms with Gasteiger partial charge in [0, 0.05) is 6.54 Å². The van der Waals surface area contributed by atoms with Crippen LogP contribution in [0.15, 0.2) is 42.5 Å². The van der Waals surface area contributed by atoms with Crippen LogP contribution in [0.1, 0.15) is 11.1 Å². The molecule has 0 aliphatic rings. The van der Waals surface area contributed by atoms with Crippen LogP contribution >= 0.6 is 0 Å². The largest absolute Gasteiger partial charge is 0.326 e. The minimum Gasteiger partial charge on any atom is -0.326 e. The van der Waals surface area contributed by atoms with Crippen molar-refractivity contribution in [2.75, 3.05) is 0 Å². The zero-order chi connectivity index (χ0) is 11.5. The maximum absolute atomic E-state index is 13.1. The minimum atomic E-state index is -0.213. The molecule has 2 rings (SSSR count). The molecule has 0 amide bonds. The molecular formula is C14H14FN. The van der Waals surface area contributed by atoms with Gasteiger partial charge < -0.3 is 5.73 Å². The van der Waals surface area contributed by atoms with Gasteiger partial charge >= 0.3 is 0 Å². The summed E-state index contributed by atoms with van der Waals surface area (Å²) in [6.45, 7) is 2.53. The molecule has 0 saturated carbocycles. The molecule has 16 heavy (non-hydrogen) atoms. The zero-order valence-electron chi connectivity index (χ0n) is 9.20. The van der Waals surface area contributed by atoms with Crippen molar-refractivity contribution < 1.29 is 4.39 Å². The fourth-order valence-corrected chi connectivity index (χ4v) is 1.87. The fraction of sp³-hybridized carbons (Fsp3) is 0.143. The highest BCUT2D eigenvalue weighted by Gasteiger charge is 2.05. The van der Waals surface area contributed by atoms with E-state index in [-0.39, 0.29) is 5.82 Å². The predicted molar refractivity (Wildman–Crippen MR) is 64.5 cm³/mol. The zero-order valence-corrected chi connectivity index (χ0v) is 9.20. The van der Waals surface area contributed by atoms with E-state index < -0.39 is 0 Å². The molecule has 0 atom stereocenters. The second-order valence-electron chi connectivity index (χ2n) is 3.80. The van der Waals surface area contributed by atoms with Crippen molar-refractivity contribution >= 4 is 0 Å². The Morgan fingerprint density at radius 3 is 2.56 bits per heavy atom. The van der Waals surface area contributed by atoms with E-state index in [1.807, 2.05) is 31.2 Å². The molecule has 0 saturated heterocycles. The maximum Gasteiger partial charge on any atom is 0.123 e. The molecular weight excluding hydrogens is 201 g/mol. The van der Waals surface area contributed by atoms with Gasteiger partial charge in [0.15, 0.2) is 0 Å². The van der Waals surface area contributed by atoms with Crippen LogP contribution in [0.4, 0.5) is 4.39 Å². The third-order valence-electron chi connectivity index (χ3n) is 2.80. The minimum absolute atomic E-state index is 0.213. The Hall–Kier alpha value is -1.67. The first-order chi connectivity index (χ1) is 7.72. The molecule has 0 bridgehead atoms. The first-order valence-electron chi connectivity index (χ1n) is 5.27. The lowest BCUT2D eigenvalue weighted by atomic mass is 9.96. The number of halogens is 1. The first-order valence-corrected chi connectivity index (χ1v) is 5.27. The number of hydrogen-bond donors (Lipinski definition) is 1. The van der Waals surface area contributed by atoms with Gasteiger partial charge in [0.2, 0.25) is 0 Å². The van der Waals surface area contributed by atoms with Crippen LogP contribution in [-0.4, -0.2) is 0 Å². The van der Waals surface area contributed by atoms with Crippen molar-refractivity contribution in [3.05, 3.63) is 59.4 Å². The molecule has 0 fully saturated rings. The Morgan fingerprint density at radius 1 is 1.12 bits per heavy atom. The van der Waals surface area contributed by atoms with Gasteiger partial charge in [0.25, 0.3) is 0 Å². The molecule has 2 heteroatoms.